The van der Waals surface area contributed by atoms with Crippen molar-refractivity contribution in [1.82, 2.24) is 0 Å². The summed E-state index contributed by atoms with van der Waals surface area (Å²) in [5.41, 5.74) is 5.17. The number of aliphatic hydroxyl groups is 1. The SMILES string of the molecule is CC#CSCC(N)C(=O)O.O=[N+]([O-])CCCCO. The number of nitro groups is 1. The summed E-state index contributed by atoms with van der Waals surface area (Å²) in [4.78, 5) is 19.3. The van der Waals surface area contributed by atoms with Crippen LogP contribution < -0.4 is 5.73 Å². The molecule has 0 aromatic heterocycles. The summed E-state index contributed by atoms with van der Waals surface area (Å²) in [5.74, 6) is 1.99. The van der Waals surface area contributed by atoms with Gasteiger partial charge in [-0.1, -0.05) is 17.7 Å². The van der Waals surface area contributed by atoms with E-state index in [1.165, 1.54) is 11.8 Å². The molecule has 0 bridgehead atoms. The molecule has 0 aliphatic rings. The van der Waals surface area contributed by atoms with Crippen LogP contribution in [0.3, 0.4) is 0 Å². The minimum absolute atomic E-state index is 0.0272. The number of thioether (sulfide) groups is 1. The Morgan fingerprint density at radius 2 is 2.17 bits per heavy atom. The van der Waals surface area contributed by atoms with Gasteiger partial charge in [-0.3, -0.25) is 14.9 Å². The topological polar surface area (TPSA) is 127 Å². The number of unbranched alkanes of at least 4 members (excludes halogenated alkanes) is 1. The van der Waals surface area contributed by atoms with Gasteiger partial charge in [0.15, 0.2) is 0 Å². The number of nitrogens with zero attached hydrogens (tertiary/aromatic N) is 1. The molecule has 0 saturated heterocycles. The predicted octanol–water partition coefficient (Wildman–Crippen LogP) is 0.148. The van der Waals surface area contributed by atoms with E-state index in [0.29, 0.717) is 18.6 Å². The van der Waals surface area contributed by atoms with E-state index in [9.17, 15) is 14.9 Å². The van der Waals surface area contributed by atoms with E-state index in [-0.39, 0.29) is 18.1 Å². The fourth-order valence-corrected chi connectivity index (χ4v) is 1.18. The van der Waals surface area contributed by atoms with Crippen LogP contribution in [-0.2, 0) is 4.79 Å². The Kier molecular flexibility index (Phi) is 14.6. The maximum atomic E-state index is 10.1. The van der Waals surface area contributed by atoms with Crippen LogP contribution in [-0.4, -0.2) is 46.1 Å². The van der Waals surface area contributed by atoms with Crippen molar-refractivity contribution in [2.75, 3.05) is 18.9 Å². The van der Waals surface area contributed by atoms with Crippen molar-refractivity contribution < 1.29 is 19.9 Å². The van der Waals surface area contributed by atoms with Gasteiger partial charge in [0, 0.05) is 23.7 Å². The number of aliphatic carboxylic acids is 1. The zero-order chi connectivity index (χ0) is 14.4. The second kappa shape index (κ2) is 13.8. The Hall–Kier alpha value is -1.30. The van der Waals surface area contributed by atoms with E-state index in [0.717, 1.165) is 0 Å². The first kappa shape index (κ1) is 19.0. The van der Waals surface area contributed by atoms with Crippen molar-refractivity contribution in [3.05, 3.63) is 10.1 Å². The Balaban J connectivity index is 0. The van der Waals surface area contributed by atoms with Gasteiger partial charge in [0.05, 0.1) is 0 Å². The van der Waals surface area contributed by atoms with Gasteiger partial charge >= 0.3 is 5.97 Å². The molecule has 0 fully saturated rings. The molecule has 0 aliphatic heterocycles. The quantitative estimate of drug-likeness (QED) is 0.262. The van der Waals surface area contributed by atoms with Crippen LogP contribution >= 0.6 is 11.8 Å². The van der Waals surface area contributed by atoms with Gasteiger partial charge in [-0.2, -0.15) is 0 Å². The fraction of sp³-hybridized carbons (Fsp3) is 0.700. The van der Waals surface area contributed by atoms with E-state index in [4.69, 9.17) is 15.9 Å². The minimum atomic E-state index is -0.981. The first-order chi connectivity index (χ1) is 8.45. The minimum Gasteiger partial charge on any atom is -0.480 e. The van der Waals surface area contributed by atoms with Crippen molar-refractivity contribution in [2.24, 2.45) is 5.73 Å². The third-order valence-corrected chi connectivity index (χ3v) is 2.38. The zero-order valence-electron chi connectivity index (χ0n) is 10.2. The van der Waals surface area contributed by atoms with E-state index in [2.05, 4.69) is 11.2 Å². The molecule has 0 radical (unpaired) electrons. The molecular formula is C10H18N2O5S. The van der Waals surface area contributed by atoms with Crippen LogP contribution in [0.2, 0.25) is 0 Å². The Labute approximate surface area is 110 Å². The van der Waals surface area contributed by atoms with Crippen LogP contribution in [0.4, 0.5) is 0 Å². The molecule has 1 atom stereocenters. The van der Waals surface area contributed by atoms with Crippen molar-refractivity contribution in [3.63, 3.8) is 0 Å². The average Bonchev–Trinajstić information content (AvgIpc) is 2.30. The van der Waals surface area contributed by atoms with E-state index >= 15 is 0 Å². The normalized spacial score (nSPS) is 10.4. The van der Waals surface area contributed by atoms with Gasteiger partial charge in [0.25, 0.3) is 0 Å². The number of carbonyl (C=O) groups is 1. The molecule has 0 aromatic rings. The summed E-state index contributed by atoms with van der Waals surface area (Å²) in [6.07, 6.45) is 1.00. The number of hydrogen-bond acceptors (Lipinski definition) is 6. The molecule has 7 nitrogen and oxygen atoms in total. The van der Waals surface area contributed by atoms with Crippen molar-refractivity contribution in [3.8, 4) is 11.2 Å². The average molecular weight is 278 g/mol. The van der Waals surface area contributed by atoms with Gasteiger partial charge in [-0.25, -0.2) is 0 Å². The second-order valence-electron chi connectivity index (χ2n) is 3.09. The van der Waals surface area contributed by atoms with E-state index < -0.39 is 12.0 Å². The van der Waals surface area contributed by atoms with E-state index in [1.54, 1.807) is 6.92 Å². The fourth-order valence-electron chi connectivity index (χ4n) is 0.628. The molecule has 8 heteroatoms. The highest BCUT2D eigenvalue weighted by molar-refractivity contribution is 8.03. The van der Waals surface area contributed by atoms with Gasteiger partial charge in [-0.05, 0) is 18.6 Å². The molecule has 18 heavy (non-hydrogen) atoms. The summed E-state index contributed by atoms with van der Waals surface area (Å²) in [6.45, 7) is 1.72. The summed E-state index contributed by atoms with van der Waals surface area (Å²) < 4.78 is 0. The maximum absolute atomic E-state index is 10.1. The Bertz CT molecular complexity index is 300. The van der Waals surface area contributed by atoms with Crippen LogP contribution in [0.15, 0.2) is 0 Å². The standard InChI is InChI=1S/C6H9NO2S.C4H9NO3/c1-2-3-10-4-5(7)6(8)9;6-4-2-1-3-5(7)8/h5H,4,7H2,1H3,(H,8,9);6H,1-4H2. The Morgan fingerprint density at radius 1 is 1.56 bits per heavy atom. The summed E-state index contributed by atoms with van der Waals surface area (Å²) >= 11 is 1.22. The molecular weight excluding hydrogens is 260 g/mol. The third kappa shape index (κ3) is 17.1. The maximum Gasteiger partial charge on any atom is 0.321 e. The highest BCUT2D eigenvalue weighted by atomic mass is 32.2. The van der Waals surface area contributed by atoms with Crippen LogP contribution in [0.5, 0.6) is 0 Å². The number of carboxylic acids is 1. The van der Waals surface area contributed by atoms with Gasteiger partial charge in [0.2, 0.25) is 6.54 Å². The van der Waals surface area contributed by atoms with Crippen LogP contribution in [0, 0.1) is 21.3 Å². The van der Waals surface area contributed by atoms with Gasteiger partial charge in [0.1, 0.15) is 6.04 Å². The van der Waals surface area contributed by atoms with Gasteiger partial charge in [-0.15, -0.1) is 0 Å². The summed E-state index contributed by atoms with van der Waals surface area (Å²) in [7, 11) is 0. The monoisotopic (exact) mass is 278 g/mol. The third-order valence-electron chi connectivity index (χ3n) is 1.50. The first-order valence-corrected chi connectivity index (χ1v) is 6.18. The summed E-state index contributed by atoms with van der Waals surface area (Å²) in [6, 6.07) is -0.800. The van der Waals surface area contributed by atoms with Crippen molar-refractivity contribution in [1.29, 1.82) is 0 Å². The smallest absolute Gasteiger partial charge is 0.321 e. The molecule has 0 heterocycles. The lowest BCUT2D eigenvalue weighted by Crippen LogP contribution is -2.32. The highest BCUT2D eigenvalue weighted by Crippen LogP contribution is 1.97. The van der Waals surface area contributed by atoms with E-state index in [1.807, 2.05) is 0 Å². The largest absolute Gasteiger partial charge is 0.480 e. The first-order valence-electron chi connectivity index (χ1n) is 5.20. The number of nitrogens with two attached hydrogens (primary N) is 1. The van der Waals surface area contributed by atoms with Crippen LogP contribution in [0.25, 0.3) is 0 Å². The molecule has 0 amide bonds. The number of rotatable bonds is 7. The number of aliphatic hydroxyl groups excluding tert-OH is 1. The molecule has 0 saturated carbocycles. The highest BCUT2D eigenvalue weighted by Gasteiger charge is 2.09. The lowest BCUT2D eigenvalue weighted by Gasteiger charge is -1.99. The molecule has 104 valence electrons. The predicted molar refractivity (Wildman–Crippen MR) is 69.7 cm³/mol. The number of carboxylic acid groups (broad SMARTS) is 1. The van der Waals surface area contributed by atoms with Crippen molar-refractivity contribution >= 4 is 17.7 Å². The summed E-state index contributed by atoms with van der Waals surface area (Å²) in [5, 5.41) is 28.7. The Morgan fingerprint density at radius 3 is 2.56 bits per heavy atom. The second-order valence-corrected chi connectivity index (χ2v) is 3.92. The molecule has 4 N–H and O–H groups in total. The van der Waals surface area contributed by atoms with Crippen molar-refractivity contribution in [2.45, 2.75) is 25.8 Å². The zero-order valence-corrected chi connectivity index (χ0v) is 11.0. The molecule has 1 unspecified atom stereocenters. The number of hydrogen-bond donors (Lipinski definition) is 3. The molecule has 0 aromatic carbocycles. The van der Waals surface area contributed by atoms with Gasteiger partial charge < -0.3 is 15.9 Å². The lowest BCUT2D eigenvalue weighted by molar-refractivity contribution is -0.480. The molecule has 0 aliphatic carbocycles. The van der Waals surface area contributed by atoms with Crippen LogP contribution in [0.1, 0.15) is 19.8 Å². The lowest BCUT2D eigenvalue weighted by atomic mass is 10.3. The molecule has 0 rings (SSSR count). The molecule has 0 spiro atoms.